The normalized spacial score (nSPS) is 10.1. The summed E-state index contributed by atoms with van der Waals surface area (Å²) < 4.78 is 15.2. The van der Waals surface area contributed by atoms with E-state index in [9.17, 15) is 9.59 Å². The number of hydrogen-bond acceptors (Lipinski definition) is 5. The van der Waals surface area contributed by atoms with Gasteiger partial charge in [0.05, 0.1) is 7.11 Å². The lowest BCUT2D eigenvalue weighted by Crippen LogP contribution is -2.31. The first-order valence-corrected chi connectivity index (χ1v) is 8.38. The molecule has 2 aromatic carbocycles. The number of esters is 1. The van der Waals surface area contributed by atoms with E-state index in [1.54, 1.807) is 43.5 Å². The molecule has 1 N–H and O–H groups in total. The summed E-state index contributed by atoms with van der Waals surface area (Å²) in [6.07, 6.45) is 0.664. The lowest BCUT2D eigenvalue weighted by Gasteiger charge is -2.08. The van der Waals surface area contributed by atoms with E-state index in [1.807, 2.05) is 12.1 Å². The molecule has 0 aliphatic heterocycles. The molecule has 0 spiro atoms. The molecule has 26 heavy (non-hydrogen) atoms. The highest BCUT2D eigenvalue weighted by atomic mass is 35.5. The molecule has 2 aromatic rings. The van der Waals surface area contributed by atoms with Crippen LogP contribution in [-0.4, -0.2) is 38.7 Å². The Hall–Kier alpha value is -2.73. The molecule has 0 aromatic heterocycles. The molecule has 1 amide bonds. The monoisotopic (exact) mass is 377 g/mol. The lowest BCUT2D eigenvalue weighted by molar-refractivity contribution is -0.150. The van der Waals surface area contributed by atoms with Crippen LogP contribution in [0, 0.1) is 0 Å². The molecule has 0 atom stereocenters. The number of ether oxygens (including phenoxy) is 3. The molecule has 2 rings (SSSR count). The van der Waals surface area contributed by atoms with Gasteiger partial charge < -0.3 is 19.5 Å². The van der Waals surface area contributed by atoms with Crippen LogP contribution in [0.5, 0.6) is 11.5 Å². The van der Waals surface area contributed by atoms with Crippen molar-refractivity contribution < 1.29 is 23.8 Å². The minimum atomic E-state index is -0.617. The number of carbonyl (C=O) groups excluding carboxylic acids is 2. The molecule has 0 aliphatic carbocycles. The van der Waals surface area contributed by atoms with Gasteiger partial charge >= 0.3 is 5.97 Å². The third-order valence-electron chi connectivity index (χ3n) is 3.43. The number of hydrogen-bond donors (Lipinski definition) is 1. The molecule has 0 saturated heterocycles. The van der Waals surface area contributed by atoms with Gasteiger partial charge in [0, 0.05) is 11.6 Å². The van der Waals surface area contributed by atoms with Gasteiger partial charge in [0.1, 0.15) is 11.5 Å². The fraction of sp³-hybridized carbons (Fsp3) is 0.263. The second kappa shape index (κ2) is 10.3. The van der Waals surface area contributed by atoms with Crippen molar-refractivity contribution in [2.75, 3.05) is 26.9 Å². The van der Waals surface area contributed by atoms with Crippen molar-refractivity contribution in [2.45, 2.75) is 6.42 Å². The highest BCUT2D eigenvalue weighted by molar-refractivity contribution is 6.30. The van der Waals surface area contributed by atoms with Crippen LogP contribution in [0.15, 0.2) is 48.5 Å². The Labute approximate surface area is 157 Å². The van der Waals surface area contributed by atoms with Gasteiger partial charge in [-0.25, -0.2) is 4.79 Å². The first-order chi connectivity index (χ1) is 12.6. The Morgan fingerprint density at radius 1 is 0.962 bits per heavy atom. The van der Waals surface area contributed by atoms with E-state index in [1.165, 1.54) is 0 Å². The van der Waals surface area contributed by atoms with Crippen molar-refractivity contribution in [3.05, 3.63) is 59.1 Å². The van der Waals surface area contributed by atoms with Gasteiger partial charge in [-0.05, 0) is 48.4 Å². The maximum absolute atomic E-state index is 11.7. The topological polar surface area (TPSA) is 73.9 Å². The maximum atomic E-state index is 11.7. The van der Waals surface area contributed by atoms with E-state index in [0.717, 1.165) is 5.56 Å². The summed E-state index contributed by atoms with van der Waals surface area (Å²) in [7, 11) is 1.56. The highest BCUT2D eigenvalue weighted by Crippen LogP contribution is 2.16. The molecule has 0 bridgehead atoms. The van der Waals surface area contributed by atoms with Crippen LogP contribution in [0.3, 0.4) is 0 Å². The Bertz CT molecular complexity index is 716. The van der Waals surface area contributed by atoms with Crippen LogP contribution in [0.25, 0.3) is 0 Å². The molecule has 0 fully saturated rings. The standard InChI is InChI=1S/C19H20ClNO5/c1-24-16-6-8-17(9-7-16)25-13-19(23)26-12-18(22)21-11-10-14-2-4-15(20)5-3-14/h2-9H,10-13H2,1H3,(H,21,22). The van der Waals surface area contributed by atoms with Crippen molar-refractivity contribution in [1.82, 2.24) is 5.32 Å². The number of carbonyl (C=O) groups is 2. The largest absolute Gasteiger partial charge is 0.497 e. The van der Waals surface area contributed by atoms with E-state index in [4.69, 9.17) is 25.8 Å². The van der Waals surface area contributed by atoms with Crippen LogP contribution in [0.2, 0.25) is 5.02 Å². The summed E-state index contributed by atoms with van der Waals surface area (Å²) in [4.78, 5) is 23.3. The smallest absolute Gasteiger partial charge is 0.344 e. The van der Waals surface area contributed by atoms with Crippen molar-refractivity contribution in [1.29, 1.82) is 0 Å². The third kappa shape index (κ3) is 7.03. The van der Waals surface area contributed by atoms with Crippen molar-refractivity contribution in [2.24, 2.45) is 0 Å². The van der Waals surface area contributed by atoms with E-state index >= 15 is 0 Å². The van der Waals surface area contributed by atoms with Gasteiger partial charge in [-0.3, -0.25) is 4.79 Å². The third-order valence-corrected chi connectivity index (χ3v) is 3.68. The average molecular weight is 378 g/mol. The summed E-state index contributed by atoms with van der Waals surface area (Å²) in [5, 5.41) is 3.35. The number of benzene rings is 2. The summed E-state index contributed by atoms with van der Waals surface area (Å²) >= 11 is 5.81. The van der Waals surface area contributed by atoms with E-state index in [2.05, 4.69) is 5.32 Å². The molecule has 6 nitrogen and oxygen atoms in total. The maximum Gasteiger partial charge on any atom is 0.344 e. The SMILES string of the molecule is COc1ccc(OCC(=O)OCC(=O)NCCc2ccc(Cl)cc2)cc1. The van der Waals surface area contributed by atoms with E-state index in [0.29, 0.717) is 29.5 Å². The number of rotatable bonds is 9. The van der Waals surface area contributed by atoms with Gasteiger partial charge in [-0.2, -0.15) is 0 Å². The summed E-state index contributed by atoms with van der Waals surface area (Å²) in [6.45, 7) is -0.170. The first-order valence-electron chi connectivity index (χ1n) is 8.00. The highest BCUT2D eigenvalue weighted by Gasteiger charge is 2.08. The second-order valence-electron chi connectivity index (χ2n) is 5.35. The average Bonchev–Trinajstić information content (AvgIpc) is 2.66. The van der Waals surface area contributed by atoms with Crippen molar-refractivity contribution in [3.8, 4) is 11.5 Å². The Kier molecular flexibility index (Phi) is 7.76. The molecule has 138 valence electrons. The lowest BCUT2D eigenvalue weighted by atomic mass is 10.1. The van der Waals surface area contributed by atoms with Crippen LogP contribution in [0.1, 0.15) is 5.56 Å². The Morgan fingerprint density at radius 3 is 2.27 bits per heavy atom. The molecule has 0 radical (unpaired) electrons. The van der Waals surface area contributed by atoms with E-state index < -0.39 is 5.97 Å². The van der Waals surface area contributed by atoms with Gasteiger partial charge in [0.15, 0.2) is 13.2 Å². The zero-order valence-corrected chi connectivity index (χ0v) is 15.1. The van der Waals surface area contributed by atoms with Gasteiger partial charge in [-0.15, -0.1) is 0 Å². The van der Waals surface area contributed by atoms with Gasteiger partial charge in [0.25, 0.3) is 5.91 Å². The summed E-state index contributed by atoms with van der Waals surface area (Å²) in [6, 6.07) is 14.2. The number of halogens is 1. The van der Waals surface area contributed by atoms with Gasteiger partial charge in [-0.1, -0.05) is 23.7 Å². The van der Waals surface area contributed by atoms with Crippen LogP contribution in [0.4, 0.5) is 0 Å². The Morgan fingerprint density at radius 2 is 1.62 bits per heavy atom. The number of nitrogens with one attached hydrogen (secondary N) is 1. The number of methoxy groups -OCH3 is 1. The minimum Gasteiger partial charge on any atom is -0.497 e. The molecule has 7 heteroatoms. The summed E-state index contributed by atoms with van der Waals surface area (Å²) in [5.41, 5.74) is 1.06. The molecular weight excluding hydrogens is 358 g/mol. The van der Waals surface area contributed by atoms with Crippen molar-refractivity contribution in [3.63, 3.8) is 0 Å². The minimum absolute atomic E-state index is 0.273. The number of amides is 1. The van der Waals surface area contributed by atoms with Crippen LogP contribution < -0.4 is 14.8 Å². The van der Waals surface area contributed by atoms with E-state index in [-0.39, 0.29) is 19.1 Å². The zero-order chi connectivity index (χ0) is 18.8. The molecular formula is C19H20ClNO5. The fourth-order valence-corrected chi connectivity index (χ4v) is 2.18. The molecule has 0 aliphatic rings. The van der Waals surface area contributed by atoms with Gasteiger partial charge in [0.2, 0.25) is 0 Å². The predicted molar refractivity (Wildman–Crippen MR) is 97.6 cm³/mol. The molecule has 0 saturated carbocycles. The Balaban J connectivity index is 1.60. The molecule has 0 unspecified atom stereocenters. The summed E-state index contributed by atoms with van der Waals surface area (Å²) in [5.74, 6) is 0.218. The zero-order valence-electron chi connectivity index (χ0n) is 14.4. The quantitative estimate of drug-likeness (QED) is 0.680. The van der Waals surface area contributed by atoms with Crippen LogP contribution >= 0.6 is 11.6 Å². The predicted octanol–water partition coefficient (Wildman–Crippen LogP) is 2.63. The molecule has 0 heterocycles. The van der Waals surface area contributed by atoms with Crippen molar-refractivity contribution >= 4 is 23.5 Å². The fourth-order valence-electron chi connectivity index (χ4n) is 2.05. The first kappa shape index (κ1) is 19.6. The van der Waals surface area contributed by atoms with Crippen LogP contribution in [-0.2, 0) is 20.7 Å². The second-order valence-corrected chi connectivity index (χ2v) is 5.79.